The number of methoxy groups -OCH3 is 1. The van der Waals surface area contributed by atoms with Crippen molar-refractivity contribution in [1.29, 1.82) is 0 Å². The summed E-state index contributed by atoms with van der Waals surface area (Å²) in [6.07, 6.45) is 3.86. The summed E-state index contributed by atoms with van der Waals surface area (Å²) in [5, 5.41) is 31.8. The minimum Gasteiger partial charge on any atom is -0.507 e. The van der Waals surface area contributed by atoms with Gasteiger partial charge in [-0.15, -0.1) is 6.58 Å². The standard InChI is InChI=1S/C26H30O6/c1-7-26(4,5)18-10-16(21(31-6)12-20(18)28)17-13-32-22-11-19(27)15(9-8-14(2)3)24(29)23(22)25(17)30/h7-8,10-12,17,27-29H,1,9,13H2,2-6H3. The number of ether oxygens (including phenoxy) is 2. The fraction of sp³-hybridized carbons (Fsp3) is 0.346. The monoisotopic (exact) mass is 438 g/mol. The first kappa shape index (κ1) is 23.3. The lowest BCUT2D eigenvalue weighted by Crippen LogP contribution is -2.27. The molecule has 6 nitrogen and oxygen atoms in total. The molecule has 0 amide bonds. The van der Waals surface area contributed by atoms with Crippen molar-refractivity contribution in [3.63, 3.8) is 0 Å². The minimum atomic E-state index is -0.760. The van der Waals surface area contributed by atoms with E-state index in [0.29, 0.717) is 16.9 Å². The first-order valence-electron chi connectivity index (χ1n) is 10.4. The number of phenols is 3. The molecule has 1 aliphatic heterocycles. The molecular weight excluding hydrogens is 408 g/mol. The van der Waals surface area contributed by atoms with E-state index in [1.165, 1.54) is 19.2 Å². The molecule has 0 fully saturated rings. The number of rotatable bonds is 6. The Morgan fingerprint density at radius 2 is 1.91 bits per heavy atom. The van der Waals surface area contributed by atoms with Crippen molar-refractivity contribution in [2.24, 2.45) is 0 Å². The van der Waals surface area contributed by atoms with Crippen molar-refractivity contribution in [2.45, 2.75) is 45.4 Å². The van der Waals surface area contributed by atoms with Crippen LogP contribution in [-0.4, -0.2) is 34.8 Å². The molecule has 2 aromatic carbocycles. The number of aromatic hydroxyl groups is 3. The molecule has 3 N–H and O–H groups in total. The van der Waals surface area contributed by atoms with Gasteiger partial charge < -0.3 is 24.8 Å². The fourth-order valence-corrected chi connectivity index (χ4v) is 3.85. The van der Waals surface area contributed by atoms with E-state index in [9.17, 15) is 20.1 Å². The Hall–Kier alpha value is -3.41. The van der Waals surface area contributed by atoms with Crippen LogP contribution in [0, 0.1) is 0 Å². The number of allylic oxidation sites excluding steroid dienone is 3. The van der Waals surface area contributed by atoms with E-state index in [2.05, 4.69) is 6.58 Å². The van der Waals surface area contributed by atoms with E-state index < -0.39 is 11.3 Å². The molecule has 0 aliphatic carbocycles. The van der Waals surface area contributed by atoms with Crippen LogP contribution in [-0.2, 0) is 11.8 Å². The summed E-state index contributed by atoms with van der Waals surface area (Å²) in [6, 6.07) is 4.58. The lowest BCUT2D eigenvalue weighted by Gasteiger charge is -2.29. The van der Waals surface area contributed by atoms with Crippen LogP contribution in [0.25, 0.3) is 0 Å². The maximum absolute atomic E-state index is 13.5. The second kappa shape index (κ2) is 8.61. The number of carbonyl (C=O) groups is 1. The Labute approximate surface area is 188 Å². The Morgan fingerprint density at radius 1 is 1.22 bits per heavy atom. The van der Waals surface area contributed by atoms with E-state index in [4.69, 9.17) is 9.47 Å². The lowest BCUT2D eigenvalue weighted by atomic mass is 9.80. The van der Waals surface area contributed by atoms with Crippen LogP contribution in [0.15, 0.2) is 42.5 Å². The topological polar surface area (TPSA) is 96.2 Å². The van der Waals surface area contributed by atoms with Crippen molar-refractivity contribution in [3.05, 3.63) is 64.8 Å². The summed E-state index contributed by atoms with van der Waals surface area (Å²) < 4.78 is 11.2. The van der Waals surface area contributed by atoms with Gasteiger partial charge in [0.05, 0.1) is 13.0 Å². The predicted octanol–water partition coefficient (Wildman–Crippen LogP) is 5.14. The average molecular weight is 439 g/mol. The quantitative estimate of drug-likeness (QED) is 0.540. The van der Waals surface area contributed by atoms with E-state index in [1.807, 2.05) is 33.8 Å². The summed E-state index contributed by atoms with van der Waals surface area (Å²) in [5.41, 5.74) is 1.93. The average Bonchev–Trinajstić information content (AvgIpc) is 2.73. The smallest absolute Gasteiger partial charge is 0.181 e. The van der Waals surface area contributed by atoms with Gasteiger partial charge in [0, 0.05) is 34.2 Å². The highest BCUT2D eigenvalue weighted by molar-refractivity contribution is 6.07. The highest BCUT2D eigenvalue weighted by Gasteiger charge is 2.37. The maximum atomic E-state index is 13.5. The molecule has 170 valence electrons. The van der Waals surface area contributed by atoms with Crippen LogP contribution < -0.4 is 9.47 Å². The van der Waals surface area contributed by atoms with Gasteiger partial charge >= 0.3 is 0 Å². The normalized spacial score (nSPS) is 15.5. The maximum Gasteiger partial charge on any atom is 0.181 e. The van der Waals surface area contributed by atoms with Crippen LogP contribution in [0.1, 0.15) is 60.7 Å². The Bertz CT molecular complexity index is 1110. The molecule has 32 heavy (non-hydrogen) atoms. The molecule has 0 bridgehead atoms. The number of ketones is 1. The largest absolute Gasteiger partial charge is 0.507 e. The Morgan fingerprint density at radius 3 is 2.50 bits per heavy atom. The van der Waals surface area contributed by atoms with Crippen molar-refractivity contribution < 1.29 is 29.6 Å². The molecule has 3 rings (SSSR count). The zero-order chi connectivity index (χ0) is 23.8. The third kappa shape index (κ3) is 4.05. The summed E-state index contributed by atoms with van der Waals surface area (Å²) in [6.45, 7) is 11.5. The second-order valence-corrected chi connectivity index (χ2v) is 8.85. The van der Waals surface area contributed by atoms with Crippen molar-refractivity contribution >= 4 is 5.78 Å². The van der Waals surface area contributed by atoms with Crippen molar-refractivity contribution in [1.82, 2.24) is 0 Å². The number of carbonyl (C=O) groups excluding carboxylic acids is 1. The van der Waals surface area contributed by atoms with Gasteiger partial charge in [-0.2, -0.15) is 0 Å². The van der Waals surface area contributed by atoms with Crippen LogP contribution >= 0.6 is 0 Å². The molecule has 1 atom stereocenters. The lowest BCUT2D eigenvalue weighted by molar-refractivity contribution is 0.0889. The predicted molar refractivity (Wildman–Crippen MR) is 123 cm³/mol. The summed E-state index contributed by atoms with van der Waals surface area (Å²) in [4.78, 5) is 13.5. The van der Waals surface area contributed by atoms with Gasteiger partial charge in [0.25, 0.3) is 0 Å². The Balaban J connectivity index is 2.14. The van der Waals surface area contributed by atoms with E-state index >= 15 is 0 Å². The molecule has 6 heteroatoms. The third-order valence-corrected chi connectivity index (χ3v) is 5.96. The molecule has 1 heterocycles. The highest BCUT2D eigenvalue weighted by Crippen LogP contribution is 2.46. The van der Waals surface area contributed by atoms with Crippen molar-refractivity contribution in [2.75, 3.05) is 13.7 Å². The number of hydrogen-bond acceptors (Lipinski definition) is 6. The molecule has 0 spiro atoms. The number of fused-ring (bicyclic) bond motifs is 1. The van der Waals surface area contributed by atoms with Gasteiger partial charge in [-0.05, 0) is 26.3 Å². The number of benzene rings is 2. The zero-order valence-electron chi connectivity index (χ0n) is 19.2. The van der Waals surface area contributed by atoms with Crippen LogP contribution in [0.4, 0.5) is 0 Å². The molecule has 0 saturated heterocycles. The highest BCUT2D eigenvalue weighted by atomic mass is 16.5. The number of phenolic OH excluding ortho intramolecular Hbond substituents is 3. The van der Waals surface area contributed by atoms with E-state index in [1.54, 1.807) is 12.1 Å². The fourth-order valence-electron chi connectivity index (χ4n) is 3.85. The molecule has 0 aromatic heterocycles. The van der Waals surface area contributed by atoms with Crippen LogP contribution in [0.2, 0.25) is 0 Å². The minimum absolute atomic E-state index is 0.00707. The van der Waals surface area contributed by atoms with E-state index in [0.717, 1.165) is 5.57 Å². The molecular formula is C26H30O6. The van der Waals surface area contributed by atoms with Crippen LogP contribution in [0.5, 0.6) is 28.7 Å². The van der Waals surface area contributed by atoms with Crippen LogP contribution in [0.3, 0.4) is 0 Å². The van der Waals surface area contributed by atoms with Gasteiger partial charge in [-0.3, -0.25) is 4.79 Å². The number of Topliss-reactive ketones (excluding diaryl/α,β-unsaturated/α-hetero) is 1. The zero-order valence-corrected chi connectivity index (χ0v) is 19.2. The van der Waals surface area contributed by atoms with E-state index in [-0.39, 0.29) is 52.9 Å². The molecule has 1 aliphatic rings. The van der Waals surface area contributed by atoms with Gasteiger partial charge in [-0.1, -0.05) is 31.6 Å². The third-order valence-electron chi connectivity index (χ3n) is 5.96. The summed E-state index contributed by atoms with van der Waals surface area (Å²) >= 11 is 0. The van der Waals surface area contributed by atoms with Crippen molar-refractivity contribution in [3.8, 4) is 28.7 Å². The van der Waals surface area contributed by atoms with Gasteiger partial charge in [0.2, 0.25) is 0 Å². The molecule has 1 unspecified atom stereocenters. The molecule has 0 radical (unpaired) electrons. The Kier molecular flexibility index (Phi) is 6.26. The number of hydrogen-bond donors (Lipinski definition) is 3. The first-order valence-corrected chi connectivity index (χ1v) is 10.4. The summed E-state index contributed by atoms with van der Waals surface area (Å²) in [7, 11) is 1.46. The first-order chi connectivity index (χ1) is 15.0. The molecule has 2 aromatic rings. The van der Waals surface area contributed by atoms with Gasteiger partial charge in [0.15, 0.2) is 5.78 Å². The van der Waals surface area contributed by atoms with Gasteiger partial charge in [-0.25, -0.2) is 0 Å². The SMILES string of the molecule is C=CC(C)(C)c1cc(C2COc3cc(O)c(CC=C(C)C)c(O)c3C2=O)c(OC)cc1O. The van der Waals surface area contributed by atoms with Gasteiger partial charge in [0.1, 0.15) is 40.9 Å². The summed E-state index contributed by atoms with van der Waals surface area (Å²) in [5.74, 6) is -0.973. The second-order valence-electron chi connectivity index (χ2n) is 8.85. The molecule has 0 saturated carbocycles.